The molecule has 0 amide bonds. The van der Waals surface area contributed by atoms with E-state index in [2.05, 4.69) is 27.2 Å². The number of hydrogen-bond donors (Lipinski definition) is 0. The van der Waals surface area contributed by atoms with Gasteiger partial charge in [0.1, 0.15) is 11.5 Å². The summed E-state index contributed by atoms with van der Waals surface area (Å²) in [6.45, 7) is 1.50. The molecule has 1 aromatic heterocycles. The van der Waals surface area contributed by atoms with Crippen LogP contribution >= 0.6 is 0 Å². The van der Waals surface area contributed by atoms with Crippen LogP contribution in [0.1, 0.15) is 24.3 Å². The smallest absolute Gasteiger partial charge is 0.241 e. The molecule has 0 radical (unpaired) electrons. The van der Waals surface area contributed by atoms with Gasteiger partial charge in [0.2, 0.25) is 11.7 Å². The van der Waals surface area contributed by atoms with Gasteiger partial charge >= 0.3 is 0 Å². The third kappa shape index (κ3) is 4.28. The summed E-state index contributed by atoms with van der Waals surface area (Å²) in [6, 6.07) is 16.4. The van der Waals surface area contributed by atoms with Crippen LogP contribution in [0.2, 0.25) is 0 Å². The van der Waals surface area contributed by atoms with Gasteiger partial charge in [0.25, 0.3) is 0 Å². The average molecular weight is 365 g/mol. The van der Waals surface area contributed by atoms with Gasteiger partial charge in [-0.05, 0) is 42.7 Å². The van der Waals surface area contributed by atoms with E-state index in [-0.39, 0.29) is 0 Å². The van der Waals surface area contributed by atoms with Crippen LogP contribution < -0.4 is 9.47 Å². The number of nitrogens with zero attached hydrogens (tertiary/aromatic N) is 3. The minimum absolute atomic E-state index is 0.583. The molecule has 1 aliphatic rings. The molecule has 0 spiro atoms. The molecular formula is C21H23N3O3. The first-order valence-electron chi connectivity index (χ1n) is 9.09. The Labute approximate surface area is 158 Å². The number of aromatic nitrogens is 2. The topological polar surface area (TPSA) is 60.6 Å². The van der Waals surface area contributed by atoms with Crippen LogP contribution in [-0.4, -0.2) is 35.3 Å². The van der Waals surface area contributed by atoms with E-state index in [4.69, 9.17) is 14.0 Å². The fraction of sp³-hybridized carbons (Fsp3) is 0.333. The minimum Gasteiger partial charge on any atom is -0.497 e. The van der Waals surface area contributed by atoms with E-state index >= 15 is 0 Å². The number of rotatable bonds is 8. The fourth-order valence-corrected chi connectivity index (χ4v) is 3.09. The largest absolute Gasteiger partial charge is 0.497 e. The minimum atomic E-state index is 0.583. The number of ether oxygens (including phenoxy) is 2. The van der Waals surface area contributed by atoms with Gasteiger partial charge in [0.05, 0.1) is 20.8 Å². The maximum absolute atomic E-state index is 5.51. The third-order valence-corrected chi connectivity index (χ3v) is 4.74. The highest BCUT2D eigenvalue weighted by molar-refractivity contribution is 5.56. The predicted molar refractivity (Wildman–Crippen MR) is 102 cm³/mol. The lowest BCUT2D eigenvalue weighted by Crippen LogP contribution is -2.25. The van der Waals surface area contributed by atoms with Gasteiger partial charge < -0.3 is 14.0 Å². The predicted octanol–water partition coefficient (Wildman–Crippen LogP) is 3.92. The fourth-order valence-electron chi connectivity index (χ4n) is 3.09. The summed E-state index contributed by atoms with van der Waals surface area (Å²) in [4.78, 5) is 6.97. The van der Waals surface area contributed by atoms with E-state index in [9.17, 15) is 0 Å². The molecule has 4 rings (SSSR count). The van der Waals surface area contributed by atoms with Crippen LogP contribution in [0.25, 0.3) is 11.4 Å². The van der Waals surface area contributed by atoms with Crippen LogP contribution in [-0.2, 0) is 13.1 Å². The first-order valence-corrected chi connectivity index (χ1v) is 9.09. The standard InChI is InChI=1S/C21H23N3O3/c1-25-18-10-6-15(7-11-18)13-24(17-8-9-17)14-20-22-21(23-27-20)16-4-3-5-19(12-16)26-2/h3-7,10-12,17H,8-9,13-14H2,1-2H3. The third-order valence-electron chi connectivity index (χ3n) is 4.74. The molecule has 1 aliphatic carbocycles. The van der Waals surface area contributed by atoms with Crippen molar-refractivity contribution >= 4 is 0 Å². The maximum Gasteiger partial charge on any atom is 0.241 e. The Morgan fingerprint density at radius 2 is 1.78 bits per heavy atom. The summed E-state index contributed by atoms with van der Waals surface area (Å²) < 4.78 is 16.0. The first kappa shape index (κ1) is 17.5. The highest BCUT2D eigenvalue weighted by atomic mass is 16.5. The molecule has 0 N–H and O–H groups in total. The molecule has 6 heteroatoms. The Bertz CT molecular complexity index is 888. The molecule has 1 saturated carbocycles. The van der Waals surface area contributed by atoms with Crippen molar-refractivity contribution in [3.63, 3.8) is 0 Å². The molecule has 2 aromatic carbocycles. The van der Waals surface area contributed by atoms with Crippen molar-refractivity contribution in [2.75, 3.05) is 14.2 Å². The summed E-state index contributed by atoms with van der Waals surface area (Å²) in [5.74, 6) is 2.87. The Kier molecular flexibility index (Phi) is 5.07. The highest BCUT2D eigenvalue weighted by Gasteiger charge is 2.30. The summed E-state index contributed by atoms with van der Waals surface area (Å²) in [5, 5.41) is 4.14. The molecular weight excluding hydrogens is 342 g/mol. The second kappa shape index (κ2) is 7.80. The molecule has 6 nitrogen and oxygen atoms in total. The lowest BCUT2D eigenvalue weighted by Gasteiger charge is -2.20. The highest BCUT2D eigenvalue weighted by Crippen LogP contribution is 2.30. The van der Waals surface area contributed by atoms with Gasteiger partial charge in [-0.25, -0.2) is 0 Å². The summed E-state index contributed by atoms with van der Waals surface area (Å²) in [7, 11) is 3.33. The van der Waals surface area contributed by atoms with Crippen LogP contribution in [0.4, 0.5) is 0 Å². The molecule has 3 aromatic rings. The lowest BCUT2D eigenvalue weighted by molar-refractivity contribution is 0.209. The number of benzene rings is 2. The molecule has 1 heterocycles. The Morgan fingerprint density at radius 3 is 2.48 bits per heavy atom. The zero-order valence-electron chi connectivity index (χ0n) is 15.6. The van der Waals surface area contributed by atoms with Crippen molar-refractivity contribution < 1.29 is 14.0 Å². The summed E-state index contributed by atoms with van der Waals surface area (Å²) in [5.41, 5.74) is 2.13. The Hall–Kier alpha value is -2.86. The van der Waals surface area contributed by atoms with E-state index in [0.29, 0.717) is 24.3 Å². The van der Waals surface area contributed by atoms with Gasteiger partial charge in [-0.1, -0.05) is 29.4 Å². The normalized spacial score (nSPS) is 13.7. The van der Waals surface area contributed by atoms with E-state index < -0.39 is 0 Å². The van der Waals surface area contributed by atoms with E-state index in [1.807, 2.05) is 36.4 Å². The second-order valence-electron chi connectivity index (χ2n) is 6.73. The quantitative estimate of drug-likeness (QED) is 0.603. The second-order valence-corrected chi connectivity index (χ2v) is 6.73. The van der Waals surface area contributed by atoms with Crippen molar-refractivity contribution in [1.29, 1.82) is 0 Å². The van der Waals surface area contributed by atoms with Gasteiger partial charge in [-0.15, -0.1) is 0 Å². The molecule has 27 heavy (non-hydrogen) atoms. The zero-order chi connectivity index (χ0) is 18.6. The Balaban J connectivity index is 1.46. The lowest BCUT2D eigenvalue weighted by atomic mass is 10.2. The molecule has 140 valence electrons. The maximum atomic E-state index is 5.51. The van der Waals surface area contributed by atoms with E-state index in [0.717, 1.165) is 23.6 Å². The average Bonchev–Trinajstić information content (AvgIpc) is 3.47. The number of methoxy groups -OCH3 is 2. The molecule has 0 bridgehead atoms. The van der Waals surface area contributed by atoms with Gasteiger partial charge in [0, 0.05) is 18.2 Å². The first-order chi connectivity index (χ1) is 13.2. The summed E-state index contributed by atoms with van der Waals surface area (Å²) in [6.07, 6.45) is 2.43. The molecule has 0 unspecified atom stereocenters. The van der Waals surface area contributed by atoms with Crippen LogP contribution in [0, 0.1) is 0 Å². The summed E-state index contributed by atoms with van der Waals surface area (Å²) >= 11 is 0. The van der Waals surface area contributed by atoms with Crippen molar-refractivity contribution in [3.8, 4) is 22.9 Å². The monoisotopic (exact) mass is 365 g/mol. The number of hydrogen-bond acceptors (Lipinski definition) is 6. The zero-order valence-corrected chi connectivity index (χ0v) is 15.6. The van der Waals surface area contributed by atoms with Crippen molar-refractivity contribution in [2.45, 2.75) is 32.0 Å². The molecule has 0 saturated heterocycles. The van der Waals surface area contributed by atoms with Crippen molar-refractivity contribution in [2.24, 2.45) is 0 Å². The Morgan fingerprint density at radius 1 is 1.00 bits per heavy atom. The molecule has 0 atom stereocenters. The van der Waals surface area contributed by atoms with Crippen molar-refractivity contribution in [1.82, 2.24) is 15.0 Å². The van der Waals surface area contributed by atoms with Gasteiger partial charge in [-0.3, -0.25) is 4.90 Å². The molecule has 0 aliphatic heterocycles. The van der Waals surface area contributed by atoms with E-state index in [1.165, 1.54) is 18.4 Å². The van der Waals surface area contributed by atoms with Gasteiger partial charge in [0.15, 0.2) is 0 Å². The van der Waals surface area contributed by atoms with Crippen LogP contribution in [0.5, 0.6) is 11.5 Å². The van der Waals surface area contributed by atoms with Crippen LogP contribution in [0.3, 0.4) is 0 Å². The SMILES string of the molecule is COc1ccc(CN(Cc2nc(-c3cccc(OC)c3)no2)C2CC2)cc1. The van der Waals surface area contributed by atoms with Crippen LogP contribution in [0.15, 0.2) is 53.1 Å². The van der Waals surface area contributed by atoms with E-state index in [1.54, 1.807) is 14.2 Å². The molecule has 1 fully saturated rings. The van der Waals surface area contributed by atoms with Gasteiger partial charge in [-0.2, -0.15) is 4.98 Å². The van der Waals surface area contributed by atoms with Crippen molar-refractivity contribution in [3.05, 3.63) is 60.0 Å².